The highest BCUT2D eigenvalue weighted by molar-refractivity contribution is 6.50. The molecule has 1 N–H and O–H groups in total. The number of phenols is 1. The third-order valence-corrected chi connectivity index (χ3v) is 5.68. The summed E-state index contributed by atoms with van der Waals surface area (Å²) in [7, 11) is 0. The van der Waals surface area contributed by atoms with Crippen LogP contribution in [0.1, 0.15) is 33.5 Å². The van der Waals surface area contributed by atoms with Gasteiger partial charge in [-0.1, -0.05) is 44.0 Å². The van der Waals surface area contributed by atoms with Gasteiger partial charge < -0.3 is 10.0 Å². The fraction of sp³-hybridized carbons (Fsp3) is 0.261. The summed E-state index contributed by atoms with van der Waals surface area (Å²) in [4.78, 5) is 23.7. The highest BCUT2D eigenvalue weighted by Gasteiger charge is 2.35. The maximum Gasteiger partial charge on any atom is 0.214 e. The number of nitrogens with zero attached hydrogens (tertiary/aromatic N) is 6. The molecule has 10 heteroatoms. The topological polar surface area (TPSA) is 96.0 Å². The molecule has 0 radical (unpaired) electrons. The first-order chi connectivity index (χ1) is 15.6. The van der Waals surface area contributed by atoms with Gasteiger partial charge in [-0.25, -0.2) is 9.98 Å². The van der Waals surface area contributed by atoms with E-state index in [2.05, 4.69) is 15.2 Å². The van der Waals surface area contributed by atoms with Gasteiger partial charge in [-0.05, 0) is 43.3 Å². The van der Waals surface area contributed by atoms with Gasteiger partial charge in [0.15, 0.2) is 11.6 Å². The Morgan fingerprint density at radius 3 is 2.33 bits per heavy atom. The summed E-state index contributed by atoms with van der Waals surface area (Å²) in [6.07, 6.45) is 0.797. The fourth-order valence-electron chi connectivity index (χ4n) is 3.37. The number of phenolic OH excluding ortho intramolecular Hbond substituents is 1. The first-order valence-corrected chi connectivity index (χ1v) is 11.0. The molecule has 1 aromatic heterocycles. The van der Waals surface area contributed by atoms with E-state index in [1.165, 1.54) is 16.9 Å². The Morgan fingerprint density at radius 1 is 1.15 bits per heavy atom. The summed E-state index contributed by atoms with van der Waals surface area (Å²) >= 11 is 12.2. The molecule has 170 valence electrons. The Kier molecular flexibility index (Phi) is 5.99. The zero-order valence-electron chi connectivity index (χ0n) is 18.5. The summed E-state index contributed by atoms with van der Waals surface area (Å²) < 4.78 is 0. The van der Waals surface area contributed by atoms with Crippen LogP contribution in [0.4, 0.5) is 11.4 Å². The third-order valence-electron chi connectivity index (χ3n) is 5.10. The molecule has 0 saturated carbocycles. The molecule has 4 rings (SSSR count). The Morgan fingerprint density at radius 2 is 1.79 bits per heavy atom. The van der Waals surface area contributed by atoms with Gasteiger partial charge in [0.1, 0.15) is 5.71 Å². The quantitative estimate of drug-likeness (QED) is 0.495. The van der Waals surface area contributed by atoms with Crippen molar-refractivity contribution in [1.82, 2.24) is 14.9 Å². The predicted octanol–water partition coefficient (Wildman–Crippen LogP) is 5.32. The van der Waals surface area contributed by atoms with E-state index in [0.717, 1.165) is 17.7 Å². The molecule has 0 fully saturated rings. The van der Waals surface area contributed by atoms with E-state index in [1.54, 1.807) is 4.90 Å². The van der Waals surface area contributed by atoms with Gasteiger partial charge in [-0.15, -0.1) is 9.89 Å². The van der Waals surface area contributed by atoms with Crippen molar-refractivity contribution in [3.63, 3.8) is 0 Å². The van der Waals surface area contributed by atoms with Crippen LogP contribution in [0.15, 0.2) is 46.5 Å². The van der Waals surface area contributed by atoms with Crippen LogP contribution in [-0.4, -0.2) is 44.4 Å². The van der Waals surface area contributed by atoms with Crippen molar-refractivity contribution in [3.05, 3.63) is 52.3 Å². The van der Waals surface area contributed by atoms with Crippen molar-refractivity contribution < 1.29 is 9.90 Å². The van der Waals surface area contributed by atoms with Crippen LogP contribution < -0.4 is 4.90 Å². The summed E-state index contributed by atoms with van der Waals surface area (Å²) in [5.41, 5.74) is 2.97. The Bertz CT molecular complexity index is 1270. The van der Waals surface area contributed by atoms with Gasteiger partial charge in [-0.2, -0.15) is 5.10 Å². The molecule has 0 unspecified atom stereocenters. The number of hydrogen-bond donors (Lipinski definition) is 1. The predicted molar refractivity (Wildman–Crippen MR) is 131 cm³/mol. The number of anilines is 1. The highest BCUT2D eigenvalue weighted by Crippen LogP contribution is 2.37. The van der Waals surface area contributed by atoms with Crippen molar-refractivity contribution in [2.75, 3.05) is 11.4 Å². The first kappa shape index (κ1) is 22.9. The number of carbonyl (C=O) groups excluding carboxylic acids is 1. The smallest absolute Gasteiger partial charge is 0.214 e. The lowest BCUT2D eigenvalue weighted by molar-refractivity contribution is -0.107. The van der Waals surface area contributed by atoms with E-state index in [0.29, 0.717) is 35.3 Å². The largest absolute Gasteiger partial charge is 0.505 e. The van der Waals surface area contributed by atoms with Crippen molar-refractivity contribution >= 4 is 52.4 Å². The second-order valence-electron chi connectivity index (χ2n) is 8.50. The molecule has 0 spiro atoms. The molecule has 2 aromatic carbocycles. The van der Waals surface area contributed by atoms with Crippen molar-refractivity contribution in [3.8, 4) is 17.1 Å². The number of fused-ring (bicyclic) bond motifs is 1. The van der Waals surface area contributed by atoms with Gasteiger partial charge in [0.2, 0.25) is 12.2 Å². The number of aliphatic imine (C=N–C) groups is 1. The summed E-state index contributed by atoms with van der Waals surface area (Å²) in [5, 5.41) is 19.3. The summed E-state index contributed by atoms with van der Waals surface area (Å²) in [5.74, 6) is 0.780. The minimum Gasteiger partial charge on any atom is -0.505 e. The van der Waals surface area contributed by atoms with E-state index in [-0.39, 0.29) is 21.2 Å². The van der Waals surface area contributed by atoms with E-state index in [1.807, 2.05) is 52.0 Å². The van der Waals surface area contributed by atoms with Gasteiger partial charge >= 0.3 is 0 Å². The fourth-order valence-corrected chi connectivity index (χ4v) is 3.84. The maximum atomic E-state index is 11.2. The average Bonchev–Trinajstić information content (AvgIpc) is 3.32. The van der Waals surface area contributed by atoms with E-state index in [9.17, 15) is 9.90 Å². The van der Waals surface area contributed by atoms with Gasteiger partial charge in [0.05, 0.1) is 21.4 Å². The highest BCUT2D eigenvalue weighted by atomic mass is 35.5. The molecule has 3 aromatic rings. The lowest BCUT2D eigenvalue weighted by atomic mass is 9.87. The minimum absolute atomic E-state index is 0.104. The molecule has 8 nitrogen and oxygen atoms in total. The monoisotopic (exact) mass is 484 g/mol. The van der Waals surface area contributed by atoms with E-state index < -0.39 is 0 Å². The molecule has 1 aliphatic rings. The van der Waals surface area contributed by atoms with Crippen LogP contribution in [0.2, 0.25) is 10.0 Å². The lowest BCUT2D eigenvalue weighted by Crippen LogP contribution is -2.27. The van der Waals surface area contributed by atoms with Crippen LogP contribution in [-0.2, 0) is 4.79 Å². The Labute approximate surface area is 201 Å². The molecule has 33 heavy (non-hydrogen) atoms. The molecule has 1 amide bonds. The van der Waals surface area contributed by atoms with Crippen LogP contribution in [0.3, 0.4) is 0 Å². The second-order valence-corrected chi connectivity index (χ2v) is 9.32. The molecule has 0 aliphatic carbocycles. The molecule has 0 saturated heterocycles. The van der Waals surface area contributed by atoms with Crippen molar-refractivity contribution in [2.45, 2.75) is 27.7 Å². The summed E-state index contributed by atoms with van der Waals surface area (Å²) in [6.45, 7) is 8.56. The van der Waals surface area contributed by atoms with Crippen molar-refractivity contribution in [1.29, 1.82) is 0 Å². The number of halogens is 2. The second kappa shape index (κ2) is 8.61. The first-order valence-electron chi connectivity index (χ1n) is 10.3. The Hall–Kier alpha value is -3.23. The number of carbonyl (C=O) groups is 1. The number of aromatic hydroxyl groups is 1. The molecular formula is C23H22Cl2N6O2. The lowest BCUT2D eigenvalue weighted by Gasteiger charge is -2.18. The minimum atomic E-state index is -0.327. The van der Waals surface area contributed by atoms with Crippen LogP contribution in [0.5, 0.6) is 5.75 Å². The standard InChI is InChI=1S/C23H22Cl2N6O2/c1-5-30(12-32)15-8-6-13(7-9-15)21-27-22-18(20(23(2,3)4)28-31(22)29-21)26-14-10-16(24)19(33)17(25)11-14/h6-12,33H,5H2,1-4H3/b26-18-. The van der Waals surface area contributed by atoms with Crippen LogP contribution in [0, 0.1) is 5.41 Å². The molecule has 2 heterocycles. The number of aromatic nitrogens is 3. The molecule has 1 aliphatic heterocycles. The third kappa shape index (κ3) is 4.36. The summed E-state index contributed by atoms with van der Waals surface area (Å²) in [6, 6.07) is 10.5. The van der Waals surface area contributed by atoms with E-state index in [4.69, 9.17) is 28.2 Å². The number of hydrogen-bond acceptors (Lipinski definition) is 6. The normalized spacial score (nSPS) is 14.4. The zero-order chi connectivity index (χ0) is 23.9. The van der Waals surface area contributed by atoms with Gasteiger partial charge in [0, 0.05) is 23.2 Å². The Balaban J connectivity index is 1.77. The van der Waals surface area contributed by atoms with Crippen molar-refractivity contribution in [2.24, 2.45) is 15.5 Å². The number of rotatable bonds is 5. The SMILES string of the molecule is CCN(C=O)c1ccc(-c2nc3n(n2)N=C(C(C)(C)C)/C3=N/c2cc(Cl)c(O)c(Cl)c2)cc1. The van der Waals surface area contributed by atoms with Crippen LogP contribution in [0.25, 0.3) is 11.4 Å². The van der Waals surface area contributed by atoms with Crippen LogP contribution >= 0.6 is 23.2 Å². The zero-order valence-corrected chi connectivity index (χ0v) is 20.1. The molecule has 0 bridgehead atoms. The maximum absolute atomic E-state index is 11.2. The molecule has 0 atom stereocenters. The molecular weight excluding hydrogens is 463 g/mol. The van der Waals surface area contributed by atoms with E-state index >= 15 is 0 Å². The number of benzene rings is 2. The van der Waals surface area contributed by atoms with Gasteiger partial charge in [-0.3, -0.25) is 4.79 Å². The van der Waals surface area contributed by atoms with Gasteiger partial charge in [0.25, 0.3) is 0 Å². The average molecular weight is 485 g/mol. The number of amides is 1.